The quantitative estimate of drug-likeness (QED) is 0.741. The zero-order valence-electron chi connectivity index (χ0n) is 14.5. The van der Waals surface area contributed by atoms with Crippen LogP contribution in [0.1, 0.15) is 52.9 Å². The van der Waals surface area contributed by atoms with Crippen LogP contribution in [0, 0.1) is 11.8 Å². The molecule has 3 heteroatoms. The summed E-state index contributed by atoms with van der Waals surface area (Å²) in [5.41, 5.74) is 0.306. The molecule has 0 aromatic heterocycles. The molecule has 0 saturated heterocycles. The molecule has 0 radical (unpaired) electrons. The van der Waals surface area contributed by atoms with Crippen LogP contribution in [0.3, 0.4) is 0 Å². The average Bonchev–Trinajstić information content (AvgIpc) is 2.41. The Morgan fingerprint density at radius 1 is 1.40 bits per heavy atom. The summed E-state index contributed by atoms with van der Waals surface area (Å²) in [4.78, 5) is 2.50. The van der Waals surface area contributed by atoms with Crippen LogP contribution in [-0.2, 0) is 4.74 Å². The highest BCUT2D eigenvalue weighted by Crippen LogP contribution is 2.40. The first-order chi connectivity index (χ1) is 9.47. The molecule has 1 saturated carbocycles. The number of methoxy groups -OCH3 is 1. The fourth-order valence-corrected chi connectivity index (χ4v) is 4.14. The third-order valence-electron chi connectivity index (χ3n) is 5.25. The summed E-state index contributed by atoms with van der Waals surface area (Å²) < 4.78 is 5.30. The van der Waals surface area contributed by atoms with E-state index in [9.17, 15) is 0 Å². The van der Waals surface area contributed by atoms with Gasteiger partial charge in [0.25, 0.3) is 0 Å². The van der Waals surface area contributed by atoms with E-state index < -0.39 is 0 Å². The van der Waals surface area contributed by atoms with Gasteiger partial charge in [0.05, 0.1) is 0 Å². The van der Waals surface area contributed by atoms with Crippen LogP contribution in [0.2, 0.25) is 0 Å². The number of hydrogen-bond acceptors (Lipinski definition) is 3. The fourth-order valence-electron chi connectivity index (χ4n) is 4.14. The minimum atomic E-state index is 0.306. The first-order valence-electron chi connectivity index (χ1n) is 8.37. The molecule has 1 N–H and O–H groups in total. The van der Waals surface area contributed by atoms with Crippen LogP contribution in [0.15, 0.2) is 0 Å². The van der Waals surface area contributed by atoms with Crippen LogP contribution >= 0.6 is 0 Å². The Morgan fingerprint density at radius 3 is 2.60 bits per heavy atom. The van der Waals surface area contributed by atoms with E-state index in [1.54, 1.807) is 7.11 Å². The van der Waals surface area contributed by atoms with Crippen LogP contribution in [0.4, 0.5) is 0 Å². The van der Waals surface area contributed by atoms with E-state index in [0.29, 0.717) is 17.5 Å². The molecular weight excluding hydrogens is 248 g/mol. The van der Waals surface area contributed by atoms with Gasteiger partial charge in [0.2, 0.25) is 0 Å². The number of likely N-dealkylation sites (N-methyl/N-ethyl adjacent to an activating group) is 2. The maximum Gasteiger partial charge on any atom is 0.0465 e. The van der Waals surface area contributed by atoms with Crippen molar-refractivity contribution in [3.05, 3.63) is 0 Å². The average molecular weight is 284 g/mol. The van der Waals surface area contributed by atoms with Crippen molar-refractivity contribution in [2.75, 3.05) is 34.4 Å². The van der Waals surface area contributed by atoms with Gasteiger partial charge in [-0.1, -0.05) is 33.6 Å². The van der Waals surface area contributed by atoms with Gasteiger partial charge in [0.1, 0.15) is 0 Å². The predicted octanol–water partition coefficient (Wildman–Crippen LogP) is 3.15. The van der Waals surface area contributed by atoms with Crippen LogP contribution in [0.25, 0.3) is 0 Å². The summed E-state index contributed by atoms with van der Waals surface area (Å²) >= 11 is 0. The molecule has 4 atom stereocenters. The van der Waals surface area contributed by atoms with Crippen LogP contribution < -0.4 is 5.32 Å². The minimum Gasteiger partial charge on any atom is -0.385 e. The number of nitrogens with zero attached hydrogens (tertiary/aromatic N) is 1. The van der Waals surface area contributed by atoms with Gasteiger partial charge in [-0.2, -0.15) is 0 Å². The van der Waals surface area contributed by atoms with Crippen molar-refractivity contribution >= 4 is 0 Å². The summed E-state index contributed by atoms with van der Waals surface area (Å²) in [6, 6.07) is 0.556. The van der Waals surface area contributed by atoms with Gasteiger partial charge >= 0.3 is 0 Å². The van der Waals surface area contributed by atoms with E-state index in [-0.39, 0.29) is 0 Å². The van der Waals surface area contributed by atoms with Gasteiger partial charge in [0.15, 0.2) is 0 Å². The van der Waals surface area contributed by atoms with Crippen LogP contribution in [0.5, 0.6) is 0 Å². The van der Waals surface area contributed by atoms with Crippen molar-refractivity contribution in [2.45, 2.75) is 64.5 Å². The molecule has 0 amide bonds. The zero-order valence-corrected chi connectivity index (χ0v) is 14.5. The third kappa shape index (κ3) is 4.19. The maximum absolute atomic E-state index is 5.30. The van der Waals surface area contributed by atoms with E-state index in [4.69, 9.17) is 4.74 Å². The molecule has 1 rings (SSSR count). The highest BCUT2D eigenvalue weighted by atomic mass is 16.5. The maximum atomic E-state index is 5.30. The Morgan fingerprint density at radius 2 is 2.10 bits per heavy atom. The lowest BCUT2D eigenvalue weighted by Crippen LogP contribution is -2.63. The SMILES string of the molecule is CCNC(C(C)CCOC)C1(N(C)C)CCCC(C)C1. The van der Waals surface area contributed by atoms with E-state index in [1.165, 1.54) is 25.7 Å². The molecule has 0 aromatic rings. The van der Waals surface area contributed by atoms with Crippen molar-refractivity contribution in [1.82, 2.24) is 10.2 Å². The molecular formula is C17H36N2O. The molecule has 0 spiro atoms. The normalized spacial score (nSPS) is 30.4. The Hall–Kier alpha value is -0.120. The molecule has 0 aromatic carbocycles. The summed E-state index contributed by atoms with van der Waals surface area (Å²) in [6.45, 7) is 8.94. The molecule has 120 valence electrons. The second kappa shape index (κ2) is 8.35. The minimum absolute atomic E-state index is 0.306. The predicted molar refractivity (Wildman–Crippen MR) is 87.2 cm³/mol. The Kier molecular flexibility index (Phi) is 7.49. The van der Waals surface area contributed by atoms with Gasteiger partial charge in [-0.15, -0.1) is 0 Å². The monoisotopic (exact) mass is 284 g/mol. The molecule has 3 nitrogen and oxygen atoms in total. The Balaban J connectivity index is 2.92. The summed E-state index contributed by atoms with van der Waals surface area (Å²) in [5, 5.41) is 3.81. The Labute approximate surface area is 126 Å². The summed E-state index contributed by atoms with van der Waals surface area (Å²) in [5.74, 6) is 1.48. The lowest BCUT2D eigenvalue weighted by Gasteiger charge is -2.52. The highest BCUT2D eigenvalue weighted by Gasteiger charge is 2.45. The molecule has 20 heavy (non-hydrogen) atoms. The molecule has 1 fully saturated rings. The van der Waals surface area contributed by atoms with Gasteiger partial charge in [-0.05, 0) is 51.7 Å². The topological polar surface area (TPSA) is 24.5 Å². The van der Waals surface area contributed by atoms with Gasteiger partial charge in [-0.25, -0.2) is 0 Å². The van der Waals surface area contributed by atoms with Gasteiger partial charge in [0, 0.05) is 25.3 Å². The smallest absolute Gasteiger partial charge is 0.0465 e. The fraction of sp³-hybridized carbons (Fsp3) is 1.00. The van der Waals surface area contributed by atoms with Crippen molar-refractivity contribution in [2.24, 2.45) is 11.8 Å². The van der Waals surface area contributed by atoms with Gasteiger partial charge < -0.3 is 15.0 Å². The van der Waals surface area contributed by atoms with Gasteiger partial charge in [-0.3, -0.25) is 0 Å². The second-order valence-corrected chi connectivity index (χ2v) is 6.99. The lowest BCUT2D eigenvalue weighted by molar-refractivity contribution is 0.0133. The number of nitrogens with one attached hydrogen (secondary N) is 1. The molecule has 0 heterocycles. The molecule has 1 aliphatic rings. The second-order valence-electron chi connectivity index (χ2n) is 6.99. The van der Waals surface area contributed by atoms with Crippen molar-refractivity contribution in [3.63, 3.8) is 0 Å². The first-order valence-corrected chi connectivity index (χ1v) is 8.37. The van der Waals surface area contributed by atoms with Crippen LogP contribution in [-0.4, -0.2) is 50.8 Å². The number of hydrogen-bond donors (Lipinski definition) is 1. The highest BCUT2D eigenvalue weighted by molar-refractivity contribution is 5.03. The van der Waals surface area contributed by atoms with E-state index in [1.807, 2.05) is 0 Å². The molecule has 0 bridgehead atoms. The molecule has 4 unspecified atom stereocenters. The van der Waals surface area contributed by atoms with E-state index >= 15 is 0 Å². The first kappa shape index (κ1) is 17.9. The van der Waals surface area contributed by atoms with E-state index in [0.717, 1.165) is 25.5 Å². The third-order valence-corrected chi connectivity index (χ3v) is 5.25. The number of ether oxygens (including phenoxy) is 1. The molecule has 1 aliphatic carbocycles. The lowest BCUT2D eigenvalue weighted by atomic mass is 9.68. The largest absolute Gasteiger partial charge is 0.385 e. The standard InChI is InChI=1S/C17H36N2O/c1-7-18-16(15(3)10-12-20-6)17(19(4)5)11-8-9-14(2)13-17/h14-16,18H,7-13H2,1-6H3. The van der Waals surface area contributed by atoms with Crippen molar-refractivity contribution in [3.8, 4) is 0 Å². The zero-order chi connectivity index (χ0) is 15.2. The molecule has 0 aliphatic heterocycles. The van der Waals surface area contributed by atoms with Crippen molar-refractivity contribution < 1.29 is 4.74 Å². The van der Waals surface area contributed by atoms with E-state index in [2.05, 4.69) is 45.1 Å². The Bertz CT molecular complexity index is 270. The van der Waals surface area contributed by atoms with Crippen molar-refractivity contribution in [1.29, 1.82) is 0 Å². The summed E-state index contributed by atoms with van der Waals surface area (Å²) in [6.07, 6.45) is 6.52. The number of rotatable bonds is 8. The summed E-state index contributed by atoms with van der Waals surface area (Å²) in [7, 11) is 6.34.